The SMILES string of the molecule is N#Cc1c(F)cccc1NCCNC(=O)c1cccc[n+]1[O-]. The van der Waals surface area contributed by atoms with Crippen LogP contribution in [-0.2, 0) is 0 Å². The fourth-order valence-electron chi connectivity index (χ4n) is 1.85. The molecule has 0 aliphatic carbocycles. The van der Waals surface area contributed by atoms with Gasteiger partial charge in [-0.25, -0.2) is 4.39 Å². The third kappa shape index (κ3) is 3.49. The topological polar surface area (TPSA) is 91.9 Å². The number of carbonyl (C=O) groups is 1. The molecule has 2 N–H and O–H groups in total. The number of anilines is 1. The number of halogens is 1. The van der Waals surface area contributed by atoms with Crippen LogP contribution in [0.15, 0.2) is 42.6 Å². The molecule has 1 aromatic carbocycles. The number of rotatable bonds is 5. The van der Waals surface area contributed by atoms with Crippen LogP contribution in [0.2, 0.25) is 0 Å². The molecular formula is C15H13FN4O2. The van der Waals surface area contributed by atoms with E-state index < -0.39 is 11.7 Å². The first kappa shape index (κ1) is 15.3. The normalized spacial score (nSPS) is 9.82. The number of amides is 1. The third-order valence-corrected chi connectivity index (χ3v) is 2.91. The van der Waals surface area contributed by atoms with Gasteiger partial charge in [-0.05, 0) is 18.2 Å². The van der Waals surface area contributed by atoms with Gasteiger partial charge in [-0.15, -0.1) is 0 Å². The lowest BCUT2D eigenvalue weighted by molar-refractivity contribution is -0.607. The summed E-state index contributed by atoms with van der Waals surface area (Å²) in [4.78, 5) is 11.8. The summed E-state index contributed by atoms with van der Waals surface area (Å²) in [6, 6.07) is 10.6. The first-order valence-electron chi connectivity index (χ1n) is 6.52. The molecule has 1 heterocycles. The summed E-state index contributed by atoms with van der Waals surface area (Å²) in [5.41, 5.74) is 0.274. The highest BCUT2D eigenvalue weighted by Gasteiger charge is 2.14. The van der Waals surface area contributed by atoms with Crippen molar-refractivity contribution in [1.82, 2.24) is 5.32 Å². The zero-order valence-electron chi connectivity index (χ0n) is 11.5. The molecule has 7 heteroatoms. The summed E-state index contributed by atoms with van der Waals surface area (Å²) in [6.45, 7) is 0.505. The number of nitriles is 1. The van der Waals surface area contributed by atoms with Crippen molar-refractivity contribution in [2.24, 2.45) is 0 Å². The van der Waals surface area contributed by atoms with Gasteiger partial charge < -0.3 is 15.8 Å². The van der Waals surface area contributed by atoms with E-state index in [0.717, 1.165) is 0 Å². The quantitative estimate of drug-likeness (QED) is 0.492. The Morgan fingerprint density at radius 2 is 2.09 bits per heavy atom. The van der Waals surface area contributed by atoms with Gasteiger partial charge in [0, 0.05) is 25.2 Å². The van der Waals surface area contributed by atoms with E-state index in [1.165, 1.54) is 30.5 Å². The van der Waals surface area contributed by atoms with Crippen molar-refractivity contribution >= 4 is 11.6 Å². The van der Waals surface area contributed by atoms with E-state index in [1.807, 2.05) is 0 Å². The molecular weight excluding hydrogens is 287 g/mol. The highest BCUT2D eigenvalue weighted by atomic mass is 19.1. The van der Waals surface area contributed by atoms with Crippen LogP contribution in [0.1, 0.15) is 16.1 Å². The predicted octanol–water partition coefficient (Wildman–Crippen LogP) is 1.17. The summed E-state index contributed by atoms with van der Waals surface area (Å²) < 4.78 is 13.9. The molecule has 0 aliphatic heterocycles. The summed E-state index contributed by atoms with van der Waals surface area (Å²) in [7, 11) is 0. The first-order chi connectivity index (χ1) is 10.6. The maximum atomic E-state index is 13.4. The van der Waals surface area contributed by atoms with Gasteiger partial charge >= 0.3 is 5.91 Å². The lowest BCUT2D eigenvalue weighted by Crippen LogP contribution is -2.40. The number of aromatic nitrogens is 1. The predicted molar refractivity (Wildman–Crippen MR) is 77.3 cm³/mol. The minimum absolute atomic E-state index is 0.00836. The van der Waals surface area contributed by atoms with Crippen molar-refractivity contribution < 1.29 is 13.9 Å². The standard InChI is InChI=1S/C15H13FN4O2/c16-12-4-3-5-13(11(12)10-17)18-7-8-19-15(21)14-6-1-2-9-20(14)22/h1-6,9,18H,7-8H2,(H,19,21). The van der Waals surface area contributed by atoms with Crippen LogP contribution in [0.3, 0.4) is 0 Å². The molecule has 22 heavy (non-hydrogen) atoms. The van der Waals surface area contributed by atoms with Crippen LogP contribution >= 0.6 is 0 Å². The third-order valence-electron chi connectivity index (χ3n) is 2.91. The average molecular weight is 300 g/mol. The Morgan fingerprint density at radius 1 is 1.27 bits per heavy atom. The van der Waals surface area contributed by atoms with E-state index in [1.54, 1.807) is 18.2 Å². The second-order valence-electron chi connectivity index (χ2n) is 4.37. The van der Waals surface area contributed by atoms with Crippen molar-refractivity contribution in [2.45, 2.75) is 0 Å². The van der Waals surface area contributed by atoms with Crippen LogP contribution < -0.4 is 15.4 Å². The van der Waals surface area contributed by atoms with Crippen molar-refractivity contribution in [2.75, 3.05) is 18.4 Å². The number of hydrogen-bond donors (Lipinski definition) is 2. The minimum Gasteiger partial charge on any atom is -0.618 e. The second kappa shape index (κ2) is 7.04. The molecule has 0 saturated heterocycles. The summed E-state index contributed by atoms with van der Waals surface area (Å²) in [5.74, 6) is -1.11. The summed E-state index contributed by atoms with van der Waals surface area (Å²) in [6.07, 6.45) is 1.24. The minimum atomic E-state index is -0.604. The first-order valence-corrected chi connectivity index (χ1v) is 6.52. The van der Waals surface area contributed by atoms with E-state index in [2.05, 4.69) is 10.6 Å². The molecule has 0 spiro atoms. The van der Waals surface area contributed by atoms with E-state index in [9.17, 15) is 14.4 Å². The van der Waals surface area contributed by atoms with Crippen LogP contribution in [0, 0.1) is 22.4 Å². The zero-order valence-corrected chi connectivity index (χ0v) is 11.5. The molecule has 0 bridgehead atoms. The highest BCUT2D eigenvalue weighted by molar-refractivity contribution is 5.90. The van der Waals surface area contributed by atoms with Gasteiger partial charge in [-0.3, -0.25) is 4.79 Å². The number of nitrogens with one attached hydrogen (secondary N) is 2. The van der Waals surface area contributed by atoms with Crippen molar-refractivity contribution in [1.29, 1.82) is 5.26 Å². The number of carbonyl (C=O) groups excluding carboxylic acids is 1. The lowest BCUT2D eigenvalue weighted by atomic mass is 10.2. The zero-order chi connectivity index (χ0) is 15.9. The summed E-state index contributed by atoms with van der Waals surface area (Å²) in [5, 5.41) is 25.7. The number of benzene rings is 1. The molecule has 1 amide bonds. The van der Waals surface area contributed by atoms with E-state index in [4.69, 9.17) is 5.26 Å². The molecule has 0 aliphatic rings. The molecule has 2 rings (SSSR count). The molecule has 6 nitrogen and oxygen atoms in total. The monoisotopic (exact) mass is 300 g/mol. The molecule has 1 aromatic heterocycles. The van der Waals surface area contributed by atoms with Crippen LogP contribution in [0.4, 0.5) is 10.1 Å². The van der Waals surface area contributed by atoms with E-state index in [0.29, 0.717) is 10.4 Å². The van der Waals surface area contributed by atoms with Gasteiger partial charge in [0.2, 0.25) is 0 Å². The molecule has 0 fully saturated rings. The van der Waals surface area contributed by atoms with Crippen LogP contribution in [-0.4, -0.2) is 19.0 Å². The summed E-state index contributed by atoms with van der Waals surface area (Å²) >= 11 is 0. The van der Waals surface area contributed by atoms with Crippen molar-refractivity contribution in [3.05, 3.63) is 64.9 Å². The Labute approximate surface area is 126 Å². The molecule has 0 radical (unpaired) electrons. The fourth-order valence-corrected chi connectivity index (χ4v) is 1.85. The highest BCUT2D eigenvalue weighted by Crippen LogP contribution is 2.17. The number of pyridine rings is 1. The second-order valence-corrected chi connectivity index (χ2v) is 4.37. The average Bonchev–Trinajstić information content (AvgIpc) is 2.52. The Bertz CT molecular complexity index is 728. The van der Waals surface area contributed by atoms with Crippen molar-refractivity contribution in [3.8, 4) is 6.07 Å². The van der Waals surface area contributed by atoms with Gasteiger partial charge in [-0.1, -0.05) is 6.07 Å². The smallest absolute Gasteiger partial charge is 0.317 e. The van der Waals surface area contributed by atoms with Crippen LogP contribution in [0.5, 0.6) is 0 Å². The van der Waals surface area contributed by atoms with Crippen LogP contribution in [0.25, 0.3) is 0 Å². The lowest BCUT2D eigenvalue weighted by Gasteiger charge is -2.09. The van der Waals surface area contributed by atoms with Gasteiger partial charge in [0.15, 0.2) is 6.20 Å². The molecule has 2 aromatic rings. The molecule has 112 valence electrons. The Kier molecular flexibility index (Phi) is 4.88. The van der Waals surface area contributed by atoms with Gasteiger partial charge in [-0.2, -0.15) is 9.99 Å². The Hall–Kier alpha value is -3.14. The van der Waals surface area contributed by atoms with Gasteiger partial charge in [0.05, 0.1) is 5.69 Å². The molecule has 0 saturated carbocycles. The van der Waals surface area contributed by atoms with Gasteiger partial charge in [0.1, 0.15) is 17.4 Å². The largest absolute Gasteiger partial charge is 0.618 e. The number of nitrogens with zero attached hydrogens (tertiary/aromatic N) is 2. The molecule has 0 atom stereocenters. The Balaban J connectivity index is 1.88. The molecule has 0 unspecified atom stereocenters. The van der Waals surface area contributed by atoms with Crippen molar-refractivity contribution in [3.63, 3.8) is 0 Å². The van der Waals surface area contributed by atoms with Gasteiger partial charge in [0.25, 0.3) is 5.69 Å². The fraction of sp³-hybridized carbons (Fsp3) is 0.133. The van der Waals surface area contributed by atoms with E-state index >= 15 is 0 Å². The number of hydrogen-bond acceptors (Lipinski definition) is 4. The Morgan fingerprint density at radius 3 is 2.82 bits per heavy atom. The van der Waals surface area contributed by atoms with E-state index in [-0.39, 0.29) is 24.3 Å². The maximum absolute atomic E-state index is 13.4. The maximum Gasteiger partial charge on any atom is 0.317 e.